The van der Waals surface area contributed by atoms with E-state index >= 15 is 0 Å². The second-order valence-corrected chi connectivity index (χ2v) is 5.80. The molecule has 110 valence electrons. The molecule has 2 heterocycles. The number of aromatic nitrogens is 1. The SMILES string of the molecule is FC(F)(F)c1cccc(NC2CCNC3(CCC3)C2)n1. The van der Waals surface area contributed by atoms with Gasteiger partial charge in [0.2, 0.25) is 0 Å². The van der Waals surface area contributed by atoms with Gasteiger partial charge in [-0.25, -0.2) is 4.98 Å². The van der Waals surface area contributed by atoms with Crippen LogP contribution in [0.2, 0.25) is 0 Å². The van der Waals surface area contributed by atoms with Gasteiger partial charge in [-0.1, -0.05) is 6.07 Å². The molecule has 1 aliphatic carbocycles. The van der Waals surface area contributed by atoms with Crippen LogP contribution in [0.4, 0.5) is 19.0 Å². The molecule has 2 fully saturated rings. The average Bonchev–Trinajstić information content (AvgIpc) is 2.36. The lowest BCUT2D eigenvalue weighted by Gasteiger charge is -2.48. The number of nitrogens with zero attached hydrogens (tertiary/aromatic N) is 1. The maximum absolute atomic E-state index is 12.6. The lowest BCUT2D eigenvalue weighted by molar-refractivity contribution is -0.141. The summed E-state index contributed by atoms with van der Waals surface area (Å²) in [6.45, 7) is 0.913. The van der Waals surface area contributed by atoms with E-state index in [2.05, 4.69) is 15.6 Å². The highest BCUT2D eigenvalue weighted by atomic mass is 19.4. The van der Waals surface area contributed by atoms with Crippen LogP contribution in [0.15, 0.2) is 18.2 Å². The van der Waals surface area contributed by atoms with Crippen LogP contribution in [-0.4, -0.2) is 23.1 Å². The molecule has 1 aliphatic heterocycles. The Morgan fingerprint density at radius 3 is 2.75 bits per heavy atom. The summed E-state index contributed by atoms with van der Waals surface area (Å²) in [6.07, 6.45) is 1.07. The van der Waals surface area contributed by atoms with Gasteiger partial charge in [-0.3, -0.25) is 0 Å². The number of nitrogens with one attached hydrogen (secondary N) is 2. The van der Waals surface area contributed by atoms with Crippen molar-refractivity contribution >= 4 is 5.82 Å². The number of hydrogen-bond donors (Lipinski definition) is 2. The number of rotatable bonds is 2. The first-order chi connectivity index (χ1) is 9.47. The molecule has 0 aromatic carbocycles. The molecule has 1 aromatic rings. The summed E-state index contributed by atoms with van der Waals surface area (Å²) >= 11 is 0. The first-order valence-electron chi connectivity index (χ1n) is 7.03. The van der Waals surface area contributed by atoms with E-state index in [1.165, 1.54) is 25.3 Å². The maximum Gasteiger partial charge on any atom is 0.433 e. The minimum absolute atomic E-state index is 0.201. The van der Waals surface area contributed by atoms with Gasteiger partial charge in [-0.15, -0.1) is 0 Å². The molecule has 3 rings (SSSR count). The molecule has 1 atom stereocenters. The Morgan fingerprint density at radius 1 is 1.30 bits per heavy atom. The lowest BCUT2D eigenvalue weighted by atomic mass is 9.70. The third kappa shape index (κ3) is 2.75. The van der Waals surface area contributed by atoms with Crippen molar-refractivity contribution in [1.82, 2.24) is 10.3 Å². The fourth-order valence-corrected chi connectivity index (χ4v) is 3.15. The molecule has 1 unspecified atom stereocenters. The van der Waals surface area contributed by atoms with Crippen molar-refractivity contribution in [2.75, 3.05) is 11.9 Å². The maximum atomic E-state index is 12.6. The minimum Gasteiger partial charge on any atom is -0.367 e. The van der Waals surface area contributed by atoms with Crippen molar-refractivity contribution in [2.45, 2.75) is 49.9 Å². The summed E-state index contributed by atoms with van der Waals surface area (Å²) in [7, 11) is 0. The normalized spacial score (nSPS) is 25.2. The number of pyridine rings is 1. The standard InChI is InChI=1S/C14H18F3N3/c15-14(16,17)11-3-1-4-12(20-11)19-10-5-8-18-13(9-10)6-2-7-13/h1,3-4,10,18H,2,5-9H2,(H,19,20). The van der Waals surface area contributed by atoms with Gasteiger partial charge >= 0.3 is 6.18 Å². The van der Waals surface area contributed by atoms with E-state index in [9.17, 15) is 13.2 Å². The van der Waals surface area contributed by atoms with E-state index in [-0.39, 0.29) is 11.6 Å². The van der Waals surface area contributed by atoms with Crippen molar-refractivity contribution in [2.24, 2.45) is 0 Å². The predicted octanol–water partition coefficient (Wildman–Crippen LogP) is 3.19. The second kappa shape index (κ2) is 4.91. The minimum atomic E-state index is -4.39. The molecular weight excluding hydrogens is 267 g/mol. The molecule has 0 bridgehead atoms. The van der Waals surface area contributed by atoms with Crippen LogP contribution < -0.4 is 10.6 Å². The zero-order chi connectivity index (χ0) is 14.2. The Kier molecular flexibility index (Phi) is 3.36. The molecule has 3 nitrogen and oxygen atoms in total. The summed E-state index contributed by atoms with van der Waals surface area (Å²) < 4.78 is 37.9. The molecule has 1 saturated heterocycles. The van der Waals surface area contributed by atoms with E-state index < -0.39 is 11.9 Å². The summed E-state index contributed by atoms with van der Waals surface area (Å²) in [5, 5.41) is 6.71. The third-order valence-electron chi connectivity index (χ3n) is 4.33. The molecular formula is C14H18F3N3. The predicted molar refractivity (Wildman–Crippen MR) is 70.5 cm³/mol. The second-order valence-electron chi connectivity index (χ2n) is 5.80. The average molecular weight is 285 g/mol. The molecule has 0 amide bonds. The van der Waals surface area contributed by atoms with Crippen molar-refractivity contribution in [1.29, 1.82) is 0 Å². The highest BCUT2D eigenvalue weighted by Crippen LogP contribution is 2.39. The highest BCUT2D eigenvalue weighted by molar-refractivity contribution is 5.37. The molecule has 2 N–H and O–H groups in total. The van der Waals surface area contributed by atoms with Gasteiger partial charge in [0.05, 0.1) is 0 Å². The Bertz CT molecular complexity index is 483. The number of halogens is 3. The topological polar surface area (TPSA) is 37.0 Å². The first-order valence-corrected chi connectivity index (χ1v) is 7.03. The summed E-state index contributed by atoms with van der Waals surface area (Å²) in [6, 6.07) is 4.21. The van der Waals surface area contributed by atoms with Gasteiger partial charge in [-0.05, 0) is 50.8 Å². The van der Waals surface area contributed by atoms with Crippen molar-refractivity contribution in [3.05, 3.63) is 23.9 Å². The van der Waals surface area contributed by atoms with Crippen LogP contribution >= 0.6 is 0 Å². The monoisotopic (exact) mass is 285 g/mol. The van der Waals surface area contributed by atoms with E-state index in [0.717, 1.165) is 25.5 Å². The molecule has 1 spiro atoms. The molecule has 6 heteroatoms. The van der Waals surface area contributed by atoms with E-state index in [4.69, 9.17) is 0 Å². The van der Waals surface area contributed by atoms with Gasteiger partial charge in [0.25, 0.3) is 0 Å². The van der Waals surface area contributed by atoms with Crippen LogP contribution in [0.5, 0.6) is 0 Å². The summed E-state index contributed by atoms with van der Waals surface area (Å²) in [4.78, 5) is 3.67. The van der Waals surface area contributed by atoms with E-state index in [1.807, 2.05) is 0 Å². The zero-order valence-electron chi connectivity index (χ0n) is 11.1. The van der Waals surface area contributed by atoms with Gasteiger partial charge in [-0.2, -0.15) is 13.2 Å². The Morgan fingerprint density at radius 2 is 2.10 bits per heavy atom. The molecule has 2 aliphatic rings. The number of anilines is 1. The molecule has 20 heavy (non-hydrogen) atoms. The number of piperidine rings is 1. The first kappa shape index (κ1) is 13.7. The van der Waals surface area contributed by atoms with Crippen LogP contribution in [0.1, 0.15) is 37.8 Å². The fraction of sp³-hybridized carbons (Fsp3) is 0.643. The lowest BCUT2D eigenvalue weighted by Crippen LogP contribution is -2.58. The quantitative estimate of drug-likeness (QED) is 0.876. The Balaban J connectivity index is 1.68. The Labute approximate surface area is 116 Å². The van der Waals surface area contributed by atoms with Gasteiger partial charge in [0, 0.05) is 11.6 Å². The summed E-state index contributed by atoms with van der Waals surface area (Å²) in [5.41, 5.74) is -0.618. The van der Waals surface area contributed by atoms with E-state index in [1.54, 1.807) is 6.07 Å². The van der Waals surface area contributed by atoms with Gasteiger partial charge in [0.1, 0.15) is 11.5 Å². The van der Waals surface area contributed by atoms with Gasteiger partial charge < -0.3 is 10.6 Å². The number of alkyl halides is 3. The molecule has 1 aromatic heterocycles. The van der Waals surface area contributed by atoms with E-state index in [0.29, 0.717) is 5.82 Å². The molecule has 1 saturated carbocycles. The Hall–Kier alpha value is -1.30. The van der Waals surface area contributed by atoms with Crippen LogP contribution in [0, 0.1) is 0 Å². The smallest absolute Gasteiger partial charge is 0.367 e. The third-order valence-corrected chi connectivity index (χ3v) is 4.33. The molecule has 0 radical (unpaired) electrons. The van der Waals surface area contributed by atoms with Crippen molar-refractivity contribution < 1.29 is 13.2 Å². The fourth-order valence-electron chi connectivity index (χ4n) is 3.15. The number of hydrogen-bond acceptors (Lipinski definition) is 3. The van der Waals surface area contributed by atoms with Crippen LogP contribution in [0.3, 0.4) is 0 Å². The summed E-state index contributed by atoms with van der Waals surface area (Å²) in [5.74, 6) is 0.321. The van der Waals surface area contributed by atoms with Crippen LogP contribution in [0.25, 0.3) is 0 Å². The van der Waals surface area contributed by atoms with Crippen molar-refractivity contribution in [3.63, 3.8) is 0 Å². The highest BCUT2D eigenvalue weighted by Gasteiger charge is 2.41. The van der Waals surface area contributed by atoms with Gasteiger partial charge in [0.15, 0.2) is 0 Å². The largest absolute Gasteiger partial charge is 0.433 e. The zero-order valence-corrected chi connectivity index (χ0v) is 11.1. The van der Waals surface area contributed by atoms with Crippen molar-refractivity contribution in [3.8, 4) is 0 Å². The van der Waals surface area contributed by atoms with Crippen LogP contribution in [-0.2, 0) is 6.18 Å².